The Kier molecular flexibility index (Phi) is 7.13. The van der Waals surface area contributed by atoms with Crippen LogP contribution in [0, 0.1) is 5.82 Å². The number of hydrogen-bond donors (Lipinski definition) is 0. The van der Waals surface area contributed by atoms with E-state index in [4.69, 9.17) is 0 Å². The highest BCUT2D eigenvalue weighted by molar-refractivity contribution is 9.08. The van der Waals surface area contributed by atoms with Gasteiger partial charge in [0.25, 0.3) is 0 Å². The van der Waals surface area contributed by atoms with Gasteiger partial charge in [0.1, 0.15) is 5.82 Å². The molecule has 0 saturated carbocycles. The number of hydrogen-bond acceptors (Lipinski definition) is 0. The van der Waals surface area contributed by atoms with E-state index in [1.54, 1.807) is 12.1 Å². The van der Waals surface area contributed by atoms with E-state index in [-0.39, 0.29) is 5.82 Å². The minimum absolute atomic E-state index is 0.181. The lowest BCUT2D eigenvalue weighted by Crippen LogP contribution is -1.76. The maximum absolute atomic E-state index is 12.2. The molecule has 0 N–H and O–H groups in total. The van der Waals surface area contributed by atoms with E-state index in [0.29, 0.717) is 0 Å². The van der Waals surface area contributed by atoms with E-state index in [0.717, 1.165) is 16.2 Å². The molecule has 0 atom stereocenters. The summed E-state index contributed by atoms with van der Waals surface area (Å²) in [5.41, 5.74) is 2.42. The predicted octanol–water partition coefficient (Wildman–Crippen LogP) is 5.30. The SMILES string of the molecule is BrCc1ccccc1.Fc1ccc(CBr)cc1. The summed E-state index contributed by atoms with van der Waals surface area (Å²) >= 11 is 6.62. The molecule has 0 aliphatic heterocycles. The number of rotatable bonds is 2. The van der Waals surface area contributed by atoms with Gasteiger partial charge in [-0.1, -0.05) is 74.3 Å². The van der Waals surface area contributed by atoms with Crippen LogP contribution < -0.4 is 0 Å². The molecule has 0 amide bonds. The zero-order valence-electron chi connectivity index (χ0n) is 9.24. The van der Waals surface area contributed by atoms with Crippen molar-refractivity contribution in [3.63, 3.8) is 0 Å². The molecule has 3 heteroatoms. The predicted molar refractivity (Wildman–Crippen MR) is 78.1 cm³/mol. The van der Waals surface area contributed by atoms with Crippen molar-refractivity contribution in [2.24, 2.45) is 0 Å². The molecule has 2 rings (SSSR count). The van der Waals surface area contributed by atoms with E-state index in [2.05, 4.69) is 44.0 Å². The Balaban J connectivity index is 0.000000171. The molecule has 0 heterocycles. The summed E-state index contributed by atoms with van der Waals surface area (Å²) < 4.78 is 12.2. The van der Waals surface area contributed by atoms with E-state index < -0.39 is 0 Å². The van der Waals surface area contributed by atoms with Crippen LogP contribution in [0.2, 0.25) is 0 Å². The average Bonchev–Trinajstić information content (AvgIpc) is 2.41. The van der Waals surface area contributed by atoms with Gasteiger partial charge >= 0.3 is 0 Å². The van der Waals surface area contributed by atoms with Crippen LogP contribution in [0.1, 0.15) is 11.1 Å². The van der Waals surface area contributed by atoms with Gasteiger partial charge in [0, 0.05) is 10.7 Å². The van der Waals surface area contributed by atoms with Crippen molar-refractivity contribution >= 4 is 31.9 Å². The van der Waals surface area contributed by atoms with E-state index in [1.807, 2.05) is 18.2 Å². The van der Waals surface area contributed by atoms with Gasteiger partial charge in [0.05, 0.1) is 0 Å². The van der Waals surface area contributed by atoms with E-state index >= 15 is 0 Å². The number of halogens is 3. The van der Waals surface area contributed by atoms with Crippen LogP contribution in [0.15, 0.2) is 54.6 Å². The third kappa shape index (κ3) is 5.99. The van der Waals surface area contributed by atoms with Crippen LogP contribution in [0.4, 0.5) is 4.39 Å². The zero-order chi connectivity index (χ0) is 12.5. The molecule has 0 aliphatic rings. The standard InChI is InChI=1S/C7H6BrF.C7H7Br/c8-5-6-1-3-7(9)4-2-6;8-6-7-4-2-1-3-5-7/h1-4H,5H2;1-5H,6H2. The second-order valence-corrected chi connectivity index (χ2v) is 4.50. The topological polar surface area (TPSA) is 0 Å². The van der Waals surface area contributed by atoms with Crippen molar-refractivity contribution in [2.45, 2.75) is 10.7 Å². The first-order chi connectivity index (χ1) is 8.26. The molecule has 0 saturated heterocycles. The van der Waals surface area contributed by atoms with Crippen molar-refractivity contribution in [3.05, 3.63) is 71.5 Å². The molecule has 17 heavy (non-hydrogen) atoms. The fourth-order valence-corrected chi connectivity index (χ4v) is 1.89. The Morgan fingerprint density at radius 2 is 1.18 bits per heavy atom. The van der Waals surface area contributed by atoms with Crippen molar-refractivity contribution in [1.82, 2.24) is 0 Å². The summed E-state index contributed by atoms with van der Waals surface area (Å²) in [4.78, 5) is 0. The van der Waals surface area contributed by atoms with Gasteiger partial charge < -0.3 is 0 Å². The molecule has 0 spiro atoms. The third-order valence-corrected chi connectivity index (χ3v) is 3.36. The van der Waals surface area contributed by atoms with Crippen LogP contribution >= 0.6 is 31.9 Å². The van der Waals surface area contributed by atoms with Crippen molar-refractivity contribution < 1.29 is 4.39 Å². The summed E-state index contributed by atoms with van der Waals surface area (Å²) in [6.45, 7) is 0. The first-order valence-corrected chi connectivity index (χ1v) is 7.41. The average molecular weight is 360 g/mol. The zero-order valence-corrected chi connectivity index (χ0v) is 12.4. The summed E-state index contributed by atoms with van der Waals surface area (Å²) in [5.74, 6) is -0.181. The van der Waals surface area contributed by atoms with Gasteiger partial charge in [-0.15, -0.1) is 0 Å². The molecule has 2 aromatic carbocycles. The molecule has 0 radical (unpaired) electrons. The molecule has 90 valence electrons. The molecule has 0 aromatic heterocycles. The fourth-order valence-electron chi connectivity index (χ4n) is 1.14. The molecule has 0 fully saturated rings. The minimum atomic E-state index is -0.181. The molecular weight excluding hydrogens is 347 g/mol. The Morgan fingerprint density at radius 1 is 0.706 bits per heavy atom. The molecular formula is C14H13Br2F. The number of benzene rings is 2. The van der Waals surface area contributed by atoms with Gasteiger partial charge in [-0.25, -0.2) is 4.39 Å². The van der Waals surface area contributed by atoms with Gasteiger partial charge in [0.15, 0.2) is 0 Å². The van der Waals surface area contributed by atoms with Crippen LogP contribution in [0.3, 0.4) is 0 Å². The molecule has 0 aliphatic carbocycles. The van der Waals surface area contributed by atoms with E-state index in [9.17, 15) is 4.39 Å². The van der Waals surface area contributed by atoms with Gasteiger partial charge in [-0.3, -0.25) is 0 Å². The Labute approximate surface area is 118 Å². The lowest BCUT2D eigenvalue weighted by atomic mass is 10.2. The van der Waals surface area contributed by atoms with Crippen molar-refractivity contribution in [1.29, 1.82) is 0 Å². The summed E-state index contributed by atoms with van der Waals surface area (Å²) in [5, 5.41) is 1.74. The van der Waals surface area contributed by atoms with Gasteiger partial charge in [-0.2, -0.15) is 0 Å². The van der Waals surface area contributed by atoms with Gasteiger partial charge in [0.2, 0.25) is 0 Å². The highest BCUT2D eigenvalue weighted by atomic mass is 79.9. The molecule has 0 nitrogen and oxygen atoms in total. The fraction of sp³-hybridized carbons (Fsp3) is 0.143. The Bertz CT molecular complexity index is 412. The van der Waals surface area contributed by atoms with Crippen molar-refractivity contribution in [3.8, 4) is 0 Å². The van der Waals surface area contributed by atoms with Crippen molar-refractivity contribution in [2.75, 3.05) is 0 Å². The molecule has 2 aromatic rings. The monoisotopic (exact) mass is 358 g/mol. The lowest BCUT2D eigenvalue weighted by Gasteiger charge is -1.91. The second kappa shape index (κ2) is 8.43. The number of alkyl halides is 2. The Morgan fingerprint density at radius 3 is 1.59 bits per heavy atom. The largest absolute Gasteiger partial charge is 0.207 e. The first-order valence-electron chi connectivity index (χ1n) is 5.16. The molecule has 0 unspecified atom stereocenters. The smallest absolute Gasteiger partial charge is 0.123 e. The summed E-state index contributed by atoms with van der Waals surface area (Å²) in [6, 6.07) is 16.7. The minimum Gasteiger partial charge on any atom is -0.207 e. The highest BCUT2D eigenvalue weighted by Gasteiger charge is 1.88. The normalized spacial score (nSPS) is 9.35. The molecule has 0 bridgehead atoms. The maximum atomic E-state index is 12.2. The maximum Gasteiger partial charge on any atom is 0.123 e. The van der Waals surface area contributed by atoms with Gasteiger partial charge in [-0.05, 0) is 23.3 Å². The van der Waals surface area contributed by atoms with Crippen LogP contribution in [0.5, 0.6) is 0 Å². The van der Waals surface area contributed by atoms with E-state index in [1.165, 1.54) is 17.7 Å². The highest BCUT2D eigenvalue weighted by Crippen LogP contribution is 2.05. The lowest BCUT2D eigenvalue weighted by molar-refractivity contribution is 0.627. The first kappa shape index (κ1) is 14.4. The third-order valence-electron chi connectivity index (χ3n) is 2.06. The summed E-state index contributed by atoms with van der Waals surface area (Å²) in [6.07, 6.45) is 0. The van der Waals surface area contributed by atoms with Crippen LogP contribution in [0.25, 0.3) is 0 Å². The van der Waals surface area contributed by atoms with Crippen LogP contribution in [-0.2, 0) is 10.7 Å². The summed E-state index contributed by atoms with van der Waals surface area (Å²) in [7, 11) is 0. The van der Waals surface area contributed by atoms with Crippen LogP contribution in [-0.4, -0.2) is 0 Å². The Hall–Kier alpha value is -0.670. The second-order valence-electron chi connectivity index (χ2n) is 3.38. The quantitative estimate of drug-likeness (QED) is 0.638.